The first-order valence-corrected chi connectivity index (χ1v) is 7.74. The topological polar surface area (TPSA) is 27.1 Å². The Kier molecular flexibility index (Phi) is 4.58. The number of methoxy groups -OCH3 is 1. The number of ether oxygens (including phenoxy) is 1. The number of nitrogens with zero attached hydrogens (tertiary/aromatic N) is 2. The first kappa shape index (κ1) is 14.5. The number of fused-ring (bicyclic) bond motifs is 1. The van der Waals surface area contributed by atoms with E-state index in [0.29, 0.717) is 16.6 Å². The molecule has 0 aliphatic carbocycles. The summed E-state index contributed by atoms with van der Waals surface area (Å²) >= 11 is 7.70. The fourth-order valence-corrected chi connectivity index (χ4v) is 2.47. The van der Waals surface area contributed by atoms with Crippen molar-refractivity contribution in [2.75, 3.05) is 13.4 Å². The van der Waals surface area contributed by atoms with Crippen LogP contribution in [0.15, 0.2) is 12.1 Å². The van der Waals surface area contributed by atoms with Crippen LogP contribution >= 0.6 is 23.4 Å². The lowest BCUT2D eigenvalue weighted by Crippen LogP contribution is -2.11. The van der Waals surface area contributed by atoms with E-state index in [2.05, 4.69) is 18.2 Å². The van der Waals surface area contributed by atoms with Crippen LogP contribution in [0.5, 0.6) is 5.75 Å². The molecule has 0 saturated heterocycles. The Morgan fingerprint density at radius 2 is 2.26 bits per heavy atom. The Labute approximate surface area is 121 Å². The molecule has 0 fully saturated rings. The number of alkyl halides is 1. The molecule has 0 radical (unpaired) electrons. The molecule has 0 N–H and O–H groups in total. The minimum absolute atomic E-state index is 0.228. The number of imidazole rings is 1. The largest absolute Gasteiger partial charge is 0.494 e. The highest BCUT2D eigenvalue weighted by molar-refractivity contribution is 7.99. The zero-order valence-corrected chi connectivity index (χ0v) is 12.7. The number of halogens is 2. The van der Waals surface area contributed by atoms with Gasteiger partial charge in [-0.2, -0.15) is 11.8 Å². The molecule has 0 spiro atoms. The highest BCUT2D eigenvalue weighted by Gasteiger charge is 2.15. The summed E-state index contributed by atoms with van der Waals surface area (Å²) in [6.07, 6.45) is 2.06. The van der Waals surface area contributed by atoms with Crippen LogP contribution in [0.3, 0.4) is 0 Å². The van der Waals surface area contributed by atoms with Gasteiger partial charge in [0.25, 0.3) is 0 Å². The van der Waals surface area contributed by atoms with Crippen molar-refractivity contribution in [3.63, 3.8) is 0 Å². The molecule has 6 heteroatoms. The van der Waals surface area contributed by atoms with Crippen LogP contribution in [0.1, 0.15) is 12.7 Å². The molecule has 1 heterocycles. The summed E-state index contributed by atoms with van der Waals surface area (Å²) in [5, 5.41) is 0.426. The summed E-state index contributed by atoms with van der Waals surface area (Å²) in [4.78, 5) is 4.38. The highest BCUT2D eigenvalue weighted by atomic mass is 35.5. The lowest BCUT2D eigenvalue weighted by atomic mass is 10.2. The van der Waals surface area contributed by atoms with Crippen molar-refractivity contribution in [1.29, 1.82) is 0 Å². The molecule has 19 heavy (non-hydrogen) atoms. The number of hydrogen-bond donors (Lipinski definition) is 0. The molecule has 0 saturated carbocycles. The van der Waals surface area contributed by atoms with Gasteiger partial charge in [-0.25, -0.2) is 9.37 Å². The zero-order chi connectivity index (χ0) is 14.0. The quantitative estimate of drug-likeness (QED) is 0.789. The Morgan fingerprint density at radius 3 is 2.84 bits per heavy atom. The fraction of sp³-hybridized carbons (Fsp3) is 0.462. The molecule has 1 aromatic heterocycles. The Hall–Kier alpha value is -0.940. The van der Waals surface area contributed by atoms with Crippen molar-refractivity contribution in [2.24, 2.45) is 0 Å². The minimum Gasteiger partial charge on any atom is -0.494 e. The summed E-state index contributed by atoms with van der Waals surface area (Å²) in [5.74, 6) is 0.884. The van der Waals surface area contributed by atoms with Crippen molar-refractivity contribution < 1.29 is 9.13 Å². The molecule has 3 nitrogen and oxygen atoms in total. The predicted octanol–water partition coefficient (Wildman–Crippen LogP) is 3.67. The van der Waals surface area contributed by atoms with Crippen molar-refractivity contribution in [1.82, 2.24) is 9.55 Å². The van der Waals surface area contributed by atoms with Gasteiger partial charge in [0.05, 0.1) is 24.0 Å². The number of thioether (sulfide) groups is 1. The lowest BCUT2D eigenvalue weighted by Gasteiger charge is -2.13. The summed E-state index contributed by atoms with van der Waals surface area (Å²) in [7, 11) is 1.46. The van der Waals surface area contributed by atoms with Gasteiger partial charge in [0, 0.05) is 23.9 Å². The molecule has 2 aromatic rings. The summed E-state index contributed by atoms with van der Waals surface area (Å²) < 4.78 is 20.7. The van der Waals surface area contributed by atoms with E-state index in [1.807, 2.05) is 4.57 Å². The molecular weight excluding hydrogens is 287 g/mol. The molecule has 0 aliphatic heterocycles. The predicted molar refractivity (Wildman–Crippen MR) is 78.8 cm³/mol. The monoisotopic (exact) mass is 302 g/mol. The average molecular weight is 303 g/mol. The molecule has 1 aromatic carbocycles. The van der Waals surface area contributed by atoms with Crippen LogP contribution in [-0.2, 0) is 12.4 Å². The number of benzene rings is 1. The molecule has 1 atom stereocenters. The van der Waals surface area contributed by atoms with Gasteiger partial charge in [0.1, 0.15) is 5.82 Å². The van der Waals surface area contributed by atoms with Gasteiger partial charge >= 0.3 is 0 Å². The van der Waals surface area contributed by atoms with Crippen LogP contribution in [0, 0.1) is 5.82 Å². The number of aromatic nitrogens is 2. The van der Waals surface area contributed by atoms with Crippen LogP contribution in [0.2, 0.25) is 0 Å². The van der Waals surface area contributed by atoms with E-state index in [1.165, 1.54) is 13.2 Å². The zero-order valence-electron chi connectivity index (χ0n) is 11.1. The van der Waals surface area contributed by atoms with E-state index in [-0.39, 0.29) is 5.75 Å². The first-order chi connectivity index (χ1) is 9.10. The standard InChI is InChI=1S/C13H16ClFN2OS/c1-8(19-3)7-17-11-5-12(18-2)9(15)4-10(11)16-13(17)6-14/h4-5,8H,6-7H2,1-3H3. The van der Waals surface area contributed by atoms with Gasteiger partial charge in [-0.05, 0) is 6.26 Å². The van der Waals surface area contributed by atoms with Gasteiger partial charge in [0.15, 0.2) is 11.6 Å². The van der Waals surface area contributed by atoms with E-state index < -0.39 is 5.82 Å². The summed E-state index contributed by atoms with van der Waals surface area (Å²) in [5.41, 5.74) is 1.47. The molecule has 0 amide bonds. The number of hydrogen-bond acceptors (Lipinski definition) is 3. The second-order valence-corrected chi connectivity index (χ2v) is 5.84. The van der Waals surface area contributed by atoms with Crippen molar-refractivity contribution in [3.8, 4) is 5.75 Å². The Bertz CT molecular complexity index is 588. The fourth-order valence-electron chi connectivity index (χ4n) is 1.97. The second kappa shape index (κ2) is 6.01. The Balaban J connectivity index is 2.58. The summed E-state index contributed by atoms with van der Waals surface area (Å²) in [6, 6.07) is 3.07. The SMILES string of the molecule is COc1cc2c(cc1F)nc(CCl)n2CC(C)SC. The van der Waals surface area contributed by atoms with E-state index in [9.17, 15) is 4.39 Å². The van der Waals surface area contributed by atoms with Gasteiger partial charge in [-0.15, -0.1) is 11.6 Å². The maximum absolute atomic E-state index is 13.7. The maximum atomic E-state index is 13.7. The normalized spacial score (nSPS) is 12.9. The van der Waals surface area contributed by atoms with E-state index >= 15 is 0 Å². The third kappa shape index (κ3) is 2.82. The molecule has 104 valence electrons. The van der Waals surface area contributed by atoms with Crippen molar-refractivity contribution >= 4 is 34.4 Å². The molecule has 2 rings (SSSR count). The second-order valence-electron chi connectivity index (χ2n) is 4.29. The average Bonchev–Trinajstić information content (AvgIpc) is 2.74. The van der Waals surface area contributed by atoms with Crippen LogP contribution in [-0.4, -0.2) is 28.2 Å². The van der Waals surface area contributed by atoms with Gasteiger partial charge in [0.2, 0.25) is 0 Å². The molecular formula is C13H16ClFN2OS. The van der Waals surface area contributed by atoms with Gasteiger partial charge in [-0.1, -0.05) is 6.92 Å². The van der Waals surface area contributed by atoms with Gasteiger partial charge in [-0.3, -0.25) is 0 Å². The number of rotatable bonds is 5. The maximum Gasteiger partial charge on any atom is 0.167 e. The van der Waals surface area contributed by atoms with Crippen molar-refractivity contribution in [3.05, 3.63) is 23.8 Å². The van der Waals surface area contributed by atoms with Crippen molar-refractivity contribution in [2.45, 2.75) is 24.6 Å². The van der Waals surface area contributed by atoms with Gasteiger partial charge < -0.3 is 9.30 Å². The molecule has 0 bridgehead atoms. The highest BCUT2D eigenvalue weighted by Crippen LogP contribution is 2.27. The lowest BCUT2D eigenvalue weighted by molar-refractivity contribution is 0.387. The summed E-state index contributed by atoms with van der Waals surface area (Å²) in [6.45, 7) is 2.92. The van der Waals surface area contributed by atoms with E-state index in [1.54, 1.807) is 17.8 Å². The smallest absolute Gasteiger partial charge is 0.167 e. The third-order valence-electron chi connectivity index (χ3n) is 3.06. The molecule has 0 aliphatic rings. The minimum atomic E-state index is -0.404. The van der Waals surface area contributed by atoms with Crippen LogP contribution < -0.4 is 4.74 Å². The first-order valence-electron chi connectivity index (χ1n) is 5.92. The van der Waals surface area contributed by atoms with Crippen LogP contribution in [0.4, 0.5) is 4.39 Å². The molecule has 1 unspecified atom stereocenters. The Morgan fingerprint density at radius 1 is 1.53 bits per heavy atom. The third-order valence-corrected chi connectivity index (χ3v) is 4.26. The van der Waals surface area contributed by atoms with E-state index in [4.69, 9.17) is 16.3 Å². The van der Waals surface area contributed by atoms with Crippen LogP contribution in [0.25, 0.3) is 11.0 Å². The van der Waals surface area contributed by atoms with E-state index in [0.717, 1.165) is 17.9 Å².